The molecule has 0 amide bonds. The number of aryl methyl sites for hydroxylation is 1. The molecule has 0 bridgehead atoms. The van der Waals surface area contributed by atoms with Gasteiger partial charge in [-0.1, -0.05) is 4.98 Å². The highest BCUT2D eigenvalue weighted by Crippen LogP contribution is 1.80. The second-order valence-corrected chi connectivity index (χ2v) is 1.80. The molecule has 0 radical (unpaired) electrons. The second kappa shape index (κ2) is 2.55. The van der Waals surface area contributed by atoms with E-state index < -0.39 is 0 Å². The Bertz CT molecular complexity index is 200. The van der Waals surface area contributed by atoms with E-state index in [2.05, 4.69) is 4.98 Å². The maximum atomic E-state index is 8.64. The van der Waals surface area contributed by atoms with E-state index >= 15 is 0 Å². The van der Waals surface area contributed by atoms with Crippen molar-refractivity contribution >= 4 is 0 Å². The normalized spacial score (nSPS) is 9.56. The quantitative estimate of drug-likeness (QED) is 0.509. The van der Waals surface area contributed by atoms with Gasteiger partial charge in [-0.2, -0.15) is 0 Å². The van der Waals surface area contributed by atoms with Gasteiger partial charge in [-0.05, 0) is 0 Å². The monoisotopic (exact) mass is 125 g/mol. The Hall–Kier alpha value is -0.960. The third-order valence-corrected chi connectivity index (χ3v) is 1.17. The summed E-state index contributed by atoms with van der Waals surface area (Å²) in [6.45, 7) is -0.00264. The summed E-state index contributed by atoms with van der Waals surface area (Å²) in [7, 11) is 1.85. The first-order valence-corrected chi connectivity index (χ1v) is 2.75. The van der Waals surface area contributed by atoms with E-state index in [0.29, 0.717) is 5.82 Å². The molecule has 1 heterocycles. The number of aliphatic hydroxyl groups is 1. The van der Waals surface area contributed by atoms with E-state index in [1.807, 2.05) is 19.3 Å². The highest BCUT2D eigenvalue weighted by atomic mass is 16.3. The number of rotatable bonds is 1. The smallest absolute Gasteiger partial charge is 0.323 e. The molecule has 3 heteroatoms. The molecule has 0 saturated heterocycles. The van der Waals surface area contributed by atoms with Gasteiger partial charge in [0.2, 0.25) is 0 Å². The van der Waals surface area contributed by atoms with Gasteiger partial charge >= 0.3 is 5.82 Å². The molecule has 0 aromatic carbocycles. The van der Waals surface area contributed by atoms with Crippen molar-refractivity contribution in [3.8, 4) is 0 Å². The summed E-state index contributed by atoms with van der Waals surface area (Å²) in [5.74, 6) is 0.678. The van der Waals surface area contributed by atoms with Crippen LogP contribution in [-0.4, -0.2) is 10.1 Å². The fraction of sp³-hybridized carbons (Fsp3) is 0.333. The van der Waals surface area contributed by atoms with Crippen LogP contribution in [0.15, 0.2) is 18.5 Å². The average molecular weight is 125 g/mol. The largest absolute Gasteiger partial charge is 0.384 e. The van der Waals surface area contributed by atoms with E-state index in [4.69, 9.17) is 5.11 Å². The van der Waals surface area contributed by atoms with E-state index in [1.54, 1.807) is 10.8 Å². The zero-order valence-corrected chi connectivity index (χ0v) is 5.28. The number of hydrogen-bond acceptors (Lipinski definition) is 2. The lowest BCUT2D eigenvalue weighted by atomic mass is 10.5. The molecule has 3 nitrogen and oxygen atoms in total. The first-order chi connectivity index (χ1) is 4.34. The van der Waals surface area contributed by atoms with Crippen LogP contribution in [0.1, 0.15) is 5.82 Å². The number of aliphatic hydroxyl groups excluding tert-OH is 1. The zero-order valence-electron chi connectivity index (χ0n) is 5.28. The molecule has 0 unspecified atom stereocenters. The molecule has 0 atom stereocenters. The minimum Gasteiger partial charge on any atom is -0.384 e. The van der Waals surface area contributed by atoms with Gasteiger partial charge in [0.1, 0.15) is 12.8 Å². The summed E-state index contributed by atoms with van der Waals surface area (Å²) < 4.78 is 1.78. The van der Waals surface area contributed by atoms with Gasteiger partial charge < -0.3 is 5.11 Å². The minimum atomic E-state index is -0.00264. The predicted octanol–water partition coefficient (Wildman–Crippen LogP) is -0.602. The Morgan fingerprint density at radius 3 is 3.00 bits per heavy atom. The third kappa shape index (κ3) is 1.23. The van der Waals surface area contributed by atoms with Gasteiger partial charge in [-0.15, -0.1) is 0 Å². The standard InChI is InChI=1S/C6H9N2O/c1-8-4-2-3-7-6(8)5-9/h2-4,9H,5H2,1H3/q+1. The molecule has 0 aliphatic rings. The molecule has 1 aromatic heterocycles. The van der Waals surface area contributed by atoms with Gasteiger partial charge in [0.25, 0.3) is 0 Å². The minimum absolute atomic E-state index is 0.00264. The van der Waals surface area contributed by atoms with Gasteiger partial charge in [-0.3, -0.25) is 0 Å². The second-order valence-electron chi connectivity index (χ2n) is 1.80. The summed E-state index contributed by atoms with van der Waals surface area (Å²) in [6, 6.07) is 1.82. The van der Waals surface area contributed by atoms with Gasteiger partial charge in [0, 0.05) is 6.07 Å². The first kappa shape index (κ1) is 6.16. The van der Waals surface area contributed by atoms with Crippen LogP contribution in [0.2, 0.25) is 0 Å². The molecule has 0 saturated carbocycles. The van der Waals surface area contributed by atoms with Crippen molar-refractivity contribution in [2.45, 2.75) is 6.61 Å². The van der Waals surface area contributed by atoms with Gasteiger partial charge in [0.05, 0.1) is 13.2 Å². The third-order valence-electron chi connectivity index (χ3n) is 1.17. The Kier molecular flexibility index (Phi) is 1.75. The van der Waals surface area contributed by atoms with Crippen molar-refractivity contribution in [2.75, 3.05) is 0 Å². The molecule has 1 rings (SSSR count). The van der Waals surface area contributed by atoms with Crippen LogP contribution >= 0.6 is 0 Å². The van der Waals surface area contributed by atoms with Crippen LogP contribution < -0.4 is 4.57 Å². The van der Waals surface area contributed by atoms with Crippen LogP contribution in [0.25, 0.3) is 0 Å². The molecular weight excluding hydrogens is 116 g/mol. The maximum absolute atomic E-state index is 8.64. The number of nitrogens with zero attached hydrogens (tertiary/aromatic N) is 2. The summed E-state index contributed by atoms with van der Waals surface area (Å²) in [5, 5.41) is 8.64. The van der Waals surface area contributed by atoms with Gasteiger partial charge in [-0.25, -0.2) is 4.57 Å². The van der Waals surface area contributed by atoms with Crippen molar-refractivity contribution < 1.29 is 9.67 Å². The summed E-state index contributed by atoms with van der Waals surface area (Å²) in [4.78, 5) is 3.91. The number of hydrogen-bond donors (Lipinski definition) is 1. The molecule has 9 heavy (non-hydrogen) atoms. The van der Waals surface area contributed by atoms with E-state index in [9.17, 15) is 0 Å². The van der Waals surface area contributed by atoms with Gasteiger partial charge in [0.15, 0.2) is 0 Å². The molecule has 48 valence electrons. The van der Waals surface area contributed by atoms with Crippen LogP contribution in [0, 0.1) is 0 Å². The van der Waals surface area contributed by atoms with E-state index in [1.165, 1.54) is 0 Å². The fourth-order valence-electron chi connectivity index (χ4n) is 0.626. The summed E-state index contributed by atoms with van der Waals surface area (Å²) >= 11 is 0. The van der Waals surface area contributed by atoms with Crippen LogP contribution in [0.3, 0.4) is 0 Å². The molecular formula is C6H9N2O+. The summed E-state index contributed by atoms with van der Waals surface area (Å²) in [6.07, 6.45) is 3.50. The topological polar surface area (TPSA) is 37.0 Å². The molecule has 1 aromatic rings. The highest BCUT2D eigenvalue weighted by molar-refractivity contribution is 4.77. The fourth-order valence-corrected chi connectivity index (χ4v) is 0.626. The van der Waals surface area contributed by atoms with E-state index in [-0.39, 0.29) is 6.61 Å². The van der Waals surface area contributed by atoms with Crippen molar-refractivity contribution in [3.05, 3.63) is 24.3 Å². The lowest BCUT2D eigenvalue weighted by Crippen LogP contribution is -2.33. The van der Waals surface area contributed by atoms with Crippen molar-refractivity contribution in [1.29, 1.82) is 0 Å². The molecule has 0 fully saturated rings. The van der Waals surface area contributed by atoms with Crippen molar-refractivity contribution in [2.24, 2.45) is 7.05 Å². The SMILES string of the molecule is C[n+]1cccnc1CO. The average Bonchev–Trinajstić information content (AvgIpc) is 1.89. The predicted molar refractivity (Wildman–Crippen MR) is 31.3 cm³/mol. The maximum Gasteiger partial charge on any atom is 0.323 e. The number of aromatic nitrogens is 2. The van der Waals surface area contributed by atoms with Crippen LogP contribution in [0.5, 0.6) is 0 Å². The Morgan fingerprint density at radius 1 is 1.78 bits per heavy atom. The molecule has 1 N–H and O–H groups in total. The summed E-state index contributed by atoms with van der Waals surface area (Å²) in [5.41, 5.74) is 0. The van der Waals surface area contributed by atoms with Crippen LogP contribution in [-0.2, 0) is 13.7 Å². The Morgan fingerprint density at radius 2 is 2.56 bits per heavy atom. The lowest BCUT2D eigenvalue weighted by molar-refractivity contribution is -0.684. The Balaban J connectivity index is 3.01. The molecule has 0 aliphatic carbocycles. The zero-order chi connectivity index (χ0) is 6.69. The van der Waals surface area contributed by atoms with E-state index in [0.717, 1.165) is 0 Å². The first-order valence-electron chi connectivity index (χ1n) is 2.75. The lowest BCUT2D eigenvalue weighted by Gasteiger charge is -1.90. The van der Waals surface area contributed by atoms with Crippen LogP contribution in [0.4, 0.5) is 0 Å². The van der Waals surface area contributed by atoms with Crippen molar-refractivity contribution in [3.63, 3.8) is 0 Å². The Labute approximate surface area is 53.6 Å². The molecule has 0 aliphatic heterocycles. The highest BCUT2D eigenvalue weighted by Gasteiger charge is 2.02. The molecule has 0 spiro atoms. The van der Waals surface area contributed by atoms with Crippen molar-refractivity contribution in [1.82, 2.24) is 4.98 Å².